The summed E-state index contributed by atoms with van der Waals surface area (Å²) in [4.78, 5) is 4.34. The second-order valence-corrected chi connectivity index (χ2v) is 6.08. The molecule has 3 rings (SSSR count). The molecule has 0 unspecified atom stereocenters. The van der Waals surface area contributed by atoms with Crippen LogP contribution in [-0.4, -0.2) is 10.1 Å². The van der Waals surface area contributed by atoms with Crippen LogP contribution < -0.4 is 4.74 Å². The van der Waals surface area contributed by atoms with E-state index in [1.165, 1.54) is 0 Å². The van der Waals surface area contributed by atoms with Gasteiger partial charge in [0.05, 0.1) is 5.02 Å². The molecule has 1 atom stereocenters. The Morgan fingerprint density at radius 2 is 1.70 bits per heavy atom. The molecular formula is C16H11Cl3N2O2. The van der Waals surface area contributed by atoms with Crippen LogP contribution in [0.4, 0.5) is 0 Å². The average molecular weight is 370 g/mol. The minimum absolute atomic E-state index is 0.348. The predicted octanol–water partition coefficient (Wildman–Crippen LogP) is 5.84. The third-order valence-corrected chi connectivity index (χ3v) is 3.87. The van der Waals surface area contributed by atoms with Crippen LogP contribution in [0.2, 0.25) is 15.1 Å². The molecule has 1 heterocycles. The Balaban J connectivity index is 1.78. The van der Waals surface area contributed by atoms with Crippen LogP contribution in [-0.2, 0) is 0 Å². The van der Waals surface area contributed by atoms with Crippen molar-refractivity contribution in [3.8, 4) is 17.1 Å². The first-order valence-corrected chi connectivity index (χ1v) is 7.87. The molecule has 2 aromatic carbocycles. The lowest BCUT2D eigenvalue weighted by Crippen LogP contribution is -2.03. The topological polar surface area (TPSA) is 48.2 Å². The summed E-state index contributed by atoms with van der Waals surface area (Å²) in [5.41, 5.74) is 0.807. The van der Waals surface area contributed by atoms with Crippen molar-refractivity contribution in [1.82, 2.24) is 10.1 Å². The molecule has 0 amide bonds. The molecule has 23 heavy (non-hydrogen) atoms. The number of aromatic nitrogens is 2. The van der Waals surface area contributed by atoms with Crippen molar-refractivity contribution in [1.29, 1.82) is 0 Å². The van der Waals surface area contributed by atoms with Gasteiger partial charge in [-0.3, -0.25) is 0 Å². The highest BCUT2D eigenvalue weighted by atomic mass is 35.5. The van der Waals surface area contributed by atoms with E-state index in [0.717, 1.165) is 5.56 Å². The van der Waals surface area contributed by atoms with Crippen LogP contribution in [0.15, 0.2) is 47.0 Å². The normalized spacial score (nSPS) is 12.2. The van der Waals surface area contributed by atoms with E-state index in [4.69, 9.17) is 44.1 Å². The minimum Gasteiger partial charge on any atom is -0.479 e. The molecular weight excluding hydrogens is 359 g/mol. The number of halogens is 3. The SMILES string of the molecule is C[C@@H](Oc1ccc(Cl)cc1Cl)c1nc(-c2ccc(Cl)cc2)no1. The summed E-state index contributed by atoms with van der Waals surface area (Å²) in [6.07, 6.45) is -0.456. The van der Waals surface area contributed by atoms with Gasteiger partial charge in [-0.15, -0.1) is 0 Å². The van der Waals surface area contributed by atoms with Gasteiger partial charge >= 0.3 is 0 Å². The summed E-state index contributed by atoms with van der Waals surface area (Å²) in [5.74, 6) is 1.31. The molecule has 0 N–H and O–H groups in total. The lowest BCUT2D eigenvalue weighted by Gasteiger charge is -2.12. The molecule has 118 valence electrons. The monoisotopic (exact) mass is 368 g/mol. The fraction of sp³-hybridized carbons (Fsp3) is 0.125. The van der Waals surface area contributed by atoms with Gasteiger partial charge in [0, 0.05) is 15.6 Å². The van der Waals surface area contributed by atoms with E-state index in [9.17, 15) is 0 Å². The molecule has 0 fully saturated rings. The minimum atomic E-state index is -0.456. The Labute approximate surface area is 147 Å². The molecule has 0 saturated heterocycles. The summed E-state index contributed by atoms with van der Waals surface area (Å²) < 4.78 is 11.0. The van der Waals surface area contributed by atoms with Crippen molar-refractivity contribution in [3.63, 3.8) is 0 Å². The number of ether oxygens (including phenoxy) is 1. The number of benzene rings is 2. The second kappa shape index (κ2) is 6.79. The van der Waals surface area contributed by atoms with Crippen molar-refractivity contribution < 1.29 is 9.26 Å². The Morgan fingerprint density at radius 1 is 1.00 bits per heavy atom. The van der Waals surface area contributed by atoms with Gasteiger partial charge in [-0.05, 0) is 49.4 Å². The Kier molecular flexibility index (Phi) is 4.76. The molecule has 3 aromatic rings. The first-order chi connectivity index (χ1) is 11.0. The van der Waals surface area contributed by atoms with Crippen LogP contribution >= 0.6 is 34.8 Å². The number of rotatable bonds is 4. The third kappa shape index (κ3) is 3.78. The van der Waals surface area contributed by atoms with E-state index in [0.29, 0.717) is 32.5 Å². The predicted molar refractivity (Wildman–Crippen MR) is 90.2 cm³/mol. The molecule has 0 bridgehead atoms. The van der Waals surface area contributed by atoms with Gasteiger partial charge in [0.25, 0.3) is 5.89 Å². The summed E-state index contributed by atoms with van der Waals surface area (Å²) in [6.45, 7) is 1.80. The largest absolute Gasteiger partial charge is 0.479 e. The Hall–Kier alpha value is -1.75. The average Bonchev–Trinajstić information content (AvgIpc) is 3.01. The third-order valence-electron chi connectivity index (χ3n) is 3.09. The van der Waals surface area contributed by atoms with Crippen molar-refractivity contribution >= 4 is 34.8 Å². The van der Waals surface area contributed by atoms with Crippen LogP contribution in [0.3, 0.4) is 0 Å². The lowest BCUT2D eigenvalue weighted by atomic mass is 10.2. The van der Waals surface area contributed by atoms with Gasteiger partial charge in [0.1, 0.15) is 5.75 Å². The molecule has 0 aliphatic rings. The zero-order valence-electron chi connectivity index (χ0n) is 12.0. The lowest BCUT2D eigenvalue weighted by molar-refractivity contribution is 0.176. The first kappa shape index (κ1) is 16.1. The van der Waals surface area contributed by atoms with Crippen molar-refractivity contribution in [2.75, 3.05) is 0 Å². The van der Waals surface area contributed by atoms with Crippen LogP contribution in [0, 0.1) is 0 Å². The fourth-order valence-electron chi connectivity index (χ4n) is 1.93. The highest BCUT2D eigenvalue weighted by Crippen LogP contribution is 2.31. The molecule has 7 heteroatoms. The zero-order valence-corrected chi connectivity index (χ0v) is 14.2. The van der Waals surface area contributed by atoms with Gasteiger partial charge in [-0.2, -0.15) is 4.98 Å². The van der Waals surface area contributed by atoms with Crippen LogP contribution in [0.25, 0.3) is 11.4 Å². The van der Waals surface area contributed by atoms with Crippen LogP contribution in [0.1, 0.15) is 18.9 Å². The molecule has 4 nitrogen and oxygen atoms in total. The van der Waals surface area contributed by atoms with Crippen molar-refractivity contribution in [3.05, 3.63) is 63.4 Å². The van der Waals surface area contributed by atoms with E-state index in [2.05, 4.69) is 10.1 Å². The smallest absolute Gasteiger partial charge is 0.267 e. The zero-order chi connectivity index (χ0) is 16.4. The van der Waals surface area contributed by atoms with Gasteiger partial charge in [-0.1, -0.05) is 40.0 Å². The maximum Gasteiger partial charge on any atom is 0.267 e. The molecule has 1 aromatic heterocycles. The highest BCUT2D eigenvalue weighted by Gasteiger charge is 2.18. The summed E-state index contributed by atoms with van der Waals surface area (Å²) in [7, 11) is 0. The standard InChI is InChI=1S/C16H11Cl3N2O2/c1-9(22-14-7-6-12(18)8-13(14)19)16-20-15(21-23-16)10-2-4-11(17)5-3-10/h2-9H,1H3/t9-/m1/s1. The molecule has 0 aliphatic heterocycles. The molecule has 0 spiro atoms. The molecule has 0 radical (unpaired) electrons. The summed E-state index contributed by atoms with van der Waals surface area (Å²) in [6, 6.07) is 12.2. The highest BCUT2D eigenvalue weighted by molar-refractivity contribution is 6.35. The number of nitrogens with zero attached hydrogens (tertiary/aromatic N) is 2. The first-order valence-electron chi connectivity index (χ1n) is 6.74. The Bertz CT molecular complexity index is 818. The van der Waals surface area contributed by atoms with Crippen molar-refractivity contribution in [2.45, 2.75) is 13.0 Å². The van der Waals surface area contributed by atoms with Gasteiger partial charge in [0.2, 0.25) is 5.82 Å². The van der Waals surface area contributed by atoms with Gasteiger partial charge in [0.15, 0.2) is 6.10 Å². The van der Waals surface area contributed by atoms with E-state index in [-0.39, 0.29) is 0 Å². The molecule has 0 saturated carbocycles. The fourth-order valence-corrected chi connectivity index (χ4v) is 2.51. The van der Waals surface area contributed by atoms with E-state index in [1.807, 2.05) is 12.1 Å². The maximum absolute atomic E-state index is 6.09. The van der Waals surface area contributed by atoms with Crippen LogP contribution in [0.5, 0.6) is 5.75 Å². The summed E-state index contributed by atoms with van der Waals surface area (Å²) in [5, 5.41) is 5.55. The second-order valence-electron chi connectivity index (χ2n) is 4.80. The number of hydrogen-bond acceptors (Lipinski definition) is 4. The maximum atomic E-state index is 6.09. The van der Waals surface area contributed by atoms with E-state index >= 15 is 0 Å². The molecule has 0 aliphatic carbocycles. The van der Waals surface area contributed by atoms with E-state index in [1.54, 1.807) is 37.3 Å². The van der Waals surface area contributed by atoms with Gasteiger partial charge < -0.3 is 9.26 Å². The summed E-state index contributed by atoms with van der Waals surface area (Å²) >= 11 is 17.8. The van der Waals surface area contributed by atoms with Crippen molar-refractivity contribution in [2.24, 2.45) is 0 Å². The quantitative estimate of drug-likeness (QED) is 0.580. The van der Waals surface area contributed by atoms with E-state index < -0.39 is 6.10 Å². The number of hydrogen-bond donors (Lipinski definition) is 0. The van der Waals surface area contributed by atoms with Gasteiger partial charge in [-0.25, -0.2) is 0 Å². The Morgan fingerprint density at radius 3 is 2.39 bits per heavy atom.